The maximum Gasteiger partial charge on any atom is 0.294 e. The lowest BCUT2D eigenvalue weighted by Gasteiger charge is -2.30. The molecule has 4 N–H and O–H groups in total. The number of Topliss-reactive ketones (excluding diaryl/α,β-unsaturated/α-hetero) is 1. The van der Waals surface area contributed by atoms with E-state index in [4.69, 9.17) is 56.8 Å². The van der Waals surface area contributed by atoms with E-state index < -0.39 is 52.7 Å². The number of carbonyl (C=O) groups excluding carboxylic acids is 1. The van der Waals surface area contributed by atoms with Crippen molar-refractivity contribution in [2.24, 2.45) is 5.41 Å². The Morgan fingerprint density at radius 1 is 0.604 bits per heavy atom. The summed E-state index contributed by atoms with van der Waals surface area (Å²) in [6.07, 6.45) is 8.69. The molecule has 0 bridgehead atoms. The second kappa shape index (κ2) is 44.6. The van der Waals surface area contributed by atoms with Crippen LogP contribution < -0.4 is 9.80 Å². The third-order valence-corrected chi connectivity index (χ3v) is 16.4. The molecule has 1 unspecified atom stereocenters. The molecule has 0 fully saturated rings. The number of likely N-dealkylation sites (N-methyl/N-ethyl adjacent to an activating group) is 1. The van der Waals surface area contributed by atoms with E-state index in [-0.39, 0.29) is 68.7 Å². The molecule has 0 spiro atoms. The molecule has 0 saturated carbocycles. The highest BCUT2D eigenvalue weighted by Gasteiger charge is 2.44. The second-order valence-electron chi connectivity index (χ2n) is 22.7. The van der Waals surface area contributed by atoms with Crippen molar-refractivity contribution in [1.29, 1.82) is 0 Å². The van der Waals surface area contributed by atoms with Gasteiger partial charge in [0, 0.05) is 67.3 Å². The molecule has 0 radical (unpaired) electrons. The van der Waals surface area contributed by atoms with Gasteiger partial charge in [-0.2, -0.15) is 25.3 Å². The van der Waals surface area contributed by atoms with Crippen molar-refractivity contribution in [2.75, 3.05) is 221 Å². The van der Waals surface area contributed by atoms with E-state index >= 15 is 0 Å². The third-order valence-electron chi connectivity index (χ3n) is 14.0. The average Bonchev–Trinajstić information content (AvgIpc) is 1.59. The third kappa shape index (κ3) is 35.3. The number of allylic oxidation sites excluding steroid dienone is 6. The molecule has 0 aliphatic carbocycles. The molecule has 0 amide bonds. The molecule has 29 heteroatoms. The molecule has 1 atom stereocenters. The largest absolute Gasteiger partial charge is 0.507 e. The first kappa shape index (κ1) is 81.2. The van der Waals surface area contributed by atoms with Gasteiger partial charge in [0.2, 0.25) is 0 Å². The second-order valence-corrected chi connectivity index (χ2v) is 27.3. The van der Waals surface area contributed by atoms with Crippen LogP contribution in [-0.4, -0.2) is 266 Å². The van der Waals surface area contributed by atoms with Gasteiger partial charge in [-0.15, -0.1) is 0 Å². The number of anilines is 2. The van der Waals surface area contributed by atoms with Gasteiger partial charge in [-0.05, 0) is 99.7 Å². The van der Waals surface area contributed by atoms with E-state index in [1.165, 1.54) is 12.1 Å². The SMILES string of the molecule is COCCOCCOCCOCCOCCOCCN(CCCS(=O)(=O)O)c1ccc(/C(=C\C/C=C/C=C2/N(CCOCCOCCOCCOCCOCCOCCC(=O)CN(C)C)c3ccc(S(=O)(=O)O)cc3C2(C)CCCS(=O)(=O)O)C(C)(C)C)c(O)c1. The van der Waals surface area contributed by atoms with Crippen LogP contribution in [0.5, 0.6) is 5.75 Å². The molecule has 522 valence electrons. The van der Waals surface area contributed by atoms with Crippen LogP contribution in [0.25, 0.3) is 5.57 Å². The molecule has 1 aliphatic heterocycles. The Labute approximate surface area is 540 Å². The summed E-state index contributed by atoms with van der Waals surface area (Å²) in [5.74, 6) is -0.864. The number of phenols is 1. The number of aromatic hydroxyl groups is 1. The van der Waals surface area contributed by atoms with Crippen molar-refractivity contribution >= 4 is 53.1 Å². The summed E-state index contributed by atoms with van der Waals surface area (Å²) in [7, 11) is -7.89. The maximum absolute atomic E-state index is 12.5. The summed E-state index contributed by atoms with van der Waals surface area (Å²) < 4.78 is 168. The standard InChI is InChI=1S/C62H103N3O23S3/c1-61(2,3)56(55-17-15-52(49-59(55)67)64(21-12-48-90(71,72)73)22-25-79-30-33-83-38-41-87-44-43-85-36-35-81-28-27-77-7)13-9-8-10-14-60-62(4,20-11-47-89(68,69)70)57-50-54(91(74,75)76)16-18-58(57)65(60)23-26-80-31-34-84-39-42-88-46-45-86-40-37-82-32-29-78-24-19-53(66)51-63(5)6/h8,10,13-18,49-50,67H,9,11-12,19-48,51H2,1-7H3,(H,68,69,70)(H,71,72,73)(H,74,75,76)/b10-8+,56-13+,60-14+. The van der Waals surface area contributed by atoms with Crippen LogP contribution in [-0.2, 0) is 97.4 Å². The highest BCUT2D eigenvalue weighted by molar-refractivity contribution is 7.86. The van der Waals surface area contributed by atoms with Gasteiger partial charge in [0.25, 0.3) is 30.4 Å². The zero-order valence-electron chi connectivity index (χ0n) is 54.4. The Bertz CT molecular complexity index is 2810. The number of hydrogen-bond acceptors (Lipinski definition) is 23. The van der Waals surface area contributed by atoms with Crippen molar-refractivity contribution in [3.05, 3.63) is 77.5 Å². The Morgan fingerprint density at radius 2 is 1.08 bits per heavy atom. The van der Waals surface area contributed by atoms with Gasteiger partial charge < -0.3 is 76.6 Å². The van der Waals surface area contributed by atoms with E-state index in [9.17, 15) is 48.8 Å². The monoisotopic (exact) mass is 1350 g/mol. The van der Waals surface area contributed by atoms with Crippen molar-refractivity contribution in [3.8, 4) is 5.75 Å². The van der Waals surface area contributed by atoms with Crippen LogP contribution in [0.3, 0.4) is 0 Å². The minimum atomic E-state index is -4.63. The number of hydrogen-bond donors (Lipinski definition) is 4. The molecule has 2 aromatic carbocycles. The molecule has 1 heterocycles. The highest BCUT2D eigenvalue weighted by atomic mass is 32.2. The predicted octanol–water partition coefficient (Wildman–Crippen LogP) is 5.78. The normalized spacial score (nSPS) is 15.5. The van der Waals surface area contributed by atoms with Gasteiger partial charge in [0.15, 0.2) is 0 Å². The van der Waals surface area contributed by atoms with E-state index in [0.29, 0.717) is 186 Å². The first-order valence-electron chi connectivity index (χ1n) is 30.7. The Morgan fingerprint density at radius 3 is 1.54 bits per heavy atom. The average molecular weight is 1350 g/mol. The van der Waals surface area contributed by atoms with Crippen molar-refractivity contribution in [1.82, 2.24) is 4.90 Å². The van der Waals surface area contributed by atoms with Gasteiger partial charge >= 0.3 is 0 Å². The van der Waals surface area contributed by atoms with Crippen LogP contribution in [0, 0.1) is 5.41 Å². The van der Waals surface area contributed by atoms with E-state index in [2.05, 4.69) is 0 Å². The number of benzene rings is 2. The number of ether oxygens (including phenoxy) is 12. The van der Waals surface area contributed by atoms with Crippen LogP contribution >= 0.6 is 0 Å². The lowest BCUT2D eigenvalue weighted by atomic mass is 9.77. The molecule has 1 aliphatic rings. The van der Waals surface area contributed by atoms with Crippen LogP contribution in [0.2, 0.25) is 0 Å². The number of carbonyl (C=O) groups is 1. The van der Waals surface area contributed by atoms with Crippen molar-refractivity contribution in [2.45, 2.75) is 70.1 Å². The van der Waals surface area contributed by atoms with Crippen LogP contribution in [0.15, 0.2) is 71.3 Å². The first-order valence-corrected chi connectivity index (χ1v) is 35.4. The summed E-state index contributed by atoms with van der Waals surface area (Å²) in [4.78, 5) is 17.0. The number of fused-ring (bicyclic) bond motifs is 1. The molecule has 91 heavy (non-hydrogen) atoms. The minimum Gasteiger partial charge on any atom is -0.507 e. The molecule has 26 nitrogen and oxygen atoms in total. The molecule has 0 saturated heterocycles. The Kier molecular flexibility index (Phi) is 39.8. The minimum absolute atomic E-state index is 0.00944. The summed E-state index contributed by atoms with van der Waals surface area (Å²) in [5, 5.41) is 11.6. The summed E-state index contributed by atoms with van der Waals surface area (Å²) in [5.41, 5.74) is 2.38. The lowest BCUT2D eigenvalue weighted by molar-refractivity contribution is -0.120. The van der Waals surface area contributed by atoms with Crippen molar-refractivity contribution in [3.63, 3.8) is 0 Å². The number of nitrogens with zero attached hydrogens (tertiary/aromatic N) is 3. The van der Waals surface area contributed by atoms with Gasteiger partial charge in [0.1, 0.15) is 11.5 Å². The fourth-order valence-electron chi connectivity index (χ4n) is 9.57. The fourth-order valence-corrected chi connectivity index (χ4v) is 11.1. The number of methoxy groups -OCH3 is 1. The molecular weight excluding hydrogens is 1250 g/mol. The Hall–Kier alpha value is -4.06. The van der Waals surface area contributed by atoms with Crippen LogP contribution in [0.4, 0.5) is 11.4 Å². The molecular formula is C62H103N3O23S3. The van der Waals surface area contributed by atoms with Gasteiger partial charge in [-0.3, -0.25) is 18.5 Å². The zero-order valence-corrected chi connectivity index (χ0v) is 56.9. The molecule has 3 rings (SSSR count). The number of ketones is 1. The Balaban J connectivity index is 1.64. The summed E-state index contributed by atoms with van der Waals surface area (Å²) >= 11 is 0. The smallest absolute Gasteiger partial charge is 0.294 e. The van der Waals surface area contributed by atoms with Crippen LogP contribution in [0.1, 0.15) is 70.9 Å². The quantitative estimate of drug-likeness (QED) is 0.0450. The van der Waals surface area contributed by atoms with Gasteiger partial charge in [-0.25, -0.2) is 0 Å². The highest BCUT2D eigenvalue weighted by Crippen LogP contribution is 2.51. The van der Waals surface area contributed by atoms with E-state index in [0.717, 1.165) is 5.57 Å². The number of rotatable bonds is 55. The van der Waals surface area contributed by atoms with Gasteiger partial charge in [-0.1, -0.05) is 39.0 Å². The predicted molar refractivity (Wildman–Crippen MR) is 346 cm³/mol. The molecule has 0 aromatic heterocycles. The maximum atomic E-state index is 12.5. The molecule has 2 aromatic rings. The summed E-state index contributed by atoms with van der Waals surface area (Å²) in [6.45, 7) is 17.8. The first-order chi connectivity index (χ1) is 43.3. The van der Waals surface area contributed by atoms with Crippen molar-refractivity contribution < 1.29 is 106 Å². The summed E-state index contributed by atoms with van der Waals surface area (Å²) in [6, 6.07) is 9.54. The number of phenolic OH excluding ortho intramolecular Hbond substituents is 1. The van der Waals surface area contributed by atoms with Gasteiger partial charge in [0.05, 0.1) is 175 Å². The lowest BCUT2D eigenvalue weighted by Crippen LogP contribution is -2.31. The topological polar surface area (TPSA) is 321 Å². The zero-order chi connectivity index (χ0) is 67.0. The van der Waals surface area contributed by atoms with E-state index in [1.54, 1.807) is 25.3 Å². The van der Waals surface area contributed by atoms with E-state index in [1.807, 2.05) is 86.9 Å². The fraction of sp³-hybridized carbons (Fsp3) is 0.694.